The molecule has 0 aromatic heterocycles. The van der Waals surface area contributed by atoms with Crippen LogP contribution in [0.25, 0.3) is 0 Å². The molecule has 0 spiro atoms. The Balaban J connectivity index is 1.46. The van der Waals surface area contributed by atoms with Crippen LogP contribution in [0.15, 0.2) is 29.3 Å². The largest absolute Gasteiger partial charge is 0.379 e. The number of benzene rings is 1. The molecule has 2 saturated carbocycles. The number of nitrogens with one attached hydrogen (secondary N) is 1. The second-order valence-electron chi connectivity index (χ2n) is 7.13. The van der Waals surface area contributed by atoms with Gasteiger partial charge in [-0.3, -0.25) is 4.99 Å². The summed E-state index contributed by atoms with van der Waals surface area (Å²) in [5.41, 5.74) is 1.54. The molecule has 0 atom stereocenters. The maximum atomic E-state index is 6.15. The third-order valence-electron chi connectivity index (χ3n) is 5.07. The van der Waals surface area contributed by atoms with Gasteiger partial charge in [0.1, 0.15) is 0 Å². The van der Waals surface area contributed by atoms with Gasteiger partial charge in [0.15, 0.2) is 5.96 Å². The van der Waals surface area contributed by atoms with E-state index in [0.29, 0.717) is 0 Å². The summed E-state index contributed by atoms with van der Waals surface area (Å²) in [6.07, 6.45) is 5.08. The van der Waals surface area contributed by atoms with Gasteiger partial charge >= 0.3 is 0 Å². The molecule has 0 heterocycles. The van der Waals surface area contributed by atoms with E-state index in [2.05, 4.69) is 34.4 Å². The Morgan fingerprint density at radius 1 is 1.42 bits per heavy atom. The Labute approximate surface area is 150 Å². The van der Waals surface area contributed by atoms with E-state index in [-0.39, 0.29) is 5.41 Å². The maximum absolute atomic E-state index is 6.15. The molecule has 24 heavy (non-hydrogen) atoms. The van der Waals surface area contributed by atoms with Gasteiger partial charge in [0, 0.05) is 44.2 Å². The van der Waals surface area contributed by atoms with E-state index < -0.39 is 0 Å². The number of rotatable bonds is 8. The minimum atomic E-state index is 0.212. The fourth-order valence-electron chi connectivity index (χ4n) is 3.01. The molecule has 0 radical (unpaired) electrons. The quantitative estimate of drug-likeness (QED) is 0.444. The Morgan fingerprint density at radius 2 is 2.21 bits per heavy atom. The van der Waals surface area contributed by atoms with Gasteiger partial charge in [-0.15, -0.1) is 0 Å². The van der Waals surface area contributed by atoms with Crippen molar-refractivity contribution >= 4 is 17.6 Å². The summed E-state index contributed by atoms with van der Waals surface area (Å²) in [5, 5.41) is 4.34. The molecule has 132 valence electrons. The molecule has 3 rings (SSSR count). The minimum absolute atomic E-state index is 0.212. The summed E-state index contributed by atoms with van der Waals surface area (Å²) in [4.78, 5) is 6.55. The van der Waals surface area contributed by atoms with E-state index in [4.69, 9.17) is 16.3 Å². The molecule has 2 aliphatic carbocycles. The molecule has 0 aliphatic heterocycles. The first-order valence-electron chi connectivity index (χ1n) is 8.88. The van der Waals surface area contributed by atoms with Crippen molar-refractivity contribution in [2.24, 2.45) is 10.9 Å². The van der Waals surface area contributed by atoms with Gasteiger partial charge in [0.2, 0.25) is 0 Å². The van der Waals surface area contributed by atoms with Crippen molar-refractivity contribution in [1.29, 1.82) is 0 Å². The van der Waals surface area contributed by atoms with Crippen LogP contribution >= 0.6 is 11.6 Å². The van der Waals surface area contributed by atoms with Gasteiger partial charge in [-0.1, -0.05) is 23.7 Å². The first-order valence-corrected chi connectivity index (χ1v) is 9.26. The van der Waals surface area contributed by atoms with Crippen molar-refractivity contribution in [2.45, 2.75) is 31.1 Å². The standard InChI is InChI=1S/C19H28ClN3O/c1-21-18(23(2)10-11-24-13-15-6-7-15)22-14-19(8-9-19)16-4-3-5-17(20)12-16/h3-5,12,15H,6-11,13-14H2,1-2H3,(H,21,22). The summed E-state index contributed by atoms with van der Waals surface area (Å²) < 4.78 is 5.72. The third-order valence-corrected chi connectivity index (χ3v) is 5.31. The molecule has 1 aromatic rings. The monoisotopic (exact) mass is 349 g/mol. The van der Waals surface area contributed by atoms with Crippen LogP contribution in [0.4, 0.5) is 0 Å². The van der Waals surface area contributed by atoms with Gasteiger partial charge in [0.25, 0.3) is 0 Å². The molecule has 4 nitrogen and oxygen atoms in total. The number of ether oxygens (including phenoxy) is 1. The van der Waals surface area contributed by atoms with Crippen LogP contribution in [0.2, 0.25) is 5.02 Å². The first kappa shape index (κ1) is 17.6. The lowest BCUT2D eigenvalue weighted by Gasteiger charge is -2.25. The van der Waals surface area contributed by atoms with Crippen molar-refractivity contribution < 1.29 is 4.74 Å². The number of hydrogen-bond acceptors (Lipinski definition) is 2. The average molecular weight is 350 g/mol. The molecule has 5 heteroatoms. The fraction of sp³-hybridized carbons (Fsp3) is 0.632. The van der Waals surface area contributed by atoms with Crippen LogP contribution in [0.3, 0.4) is 0 Å². The molecule has 0 unspecified atom stereocenters. The fourth-order valence-corrected chi connectivity index (χ4v) is 3.20. The van der Waals surface area contributed by atoms with E-state index in [1.165, 1.54) is 31.2 Å². The van der Waals surface area contributed by atoms with Gasteiger partial charge < -0.3 is 15.0 Å². The van der Waals surface area contributed by atoms with Gasteiger partial charge in [-0.2, -0.15) is 0 Å². The lowest BCUT2D eigenvalue weighted by Crippen LogP contribution is -2.43. The molecule has 1 aromatic carbocycles. The zero-order valence-electron chi connectivity index (χ0n) is 14.7. The molecule has 1 N–H and O–H groups in total. The van der Waals surface area contributed by atoms with Crippen LogP contribution in [0.1, 0.15) is 31.2 Å². The summed E-state index contributed by atoms with van der Waals surface area (Å²) in [6, 6.07) is 8.24. The molecule has 0 saturated heterocycles. The highest BCUT2D eigenvalue weighted by Gasteiger charge is 2.44. The van der Waals surface area contributed by atoms with Crippen molar-refractivity contribution in [3.8, 4) is 0 Å². The highest BCUT2D eigenvalue weighted by molar-refractivity contribution is 6.30. The van der Waals surface area contributed by atoms with Crippen molar-refractivity contribution in [1.82, 2.24) is 10.2 Å². The van der Waals surface area contributed by atoms with E-state index in [1.807, 2.05) is 19.2 Å². The molecule has 2 aliphatic rings. The molecule has 2 fully saturated rings. The summed E-state index contributed by atoms with van der Waals surface area (Å²) in [5.74, 6) is 1.75. The topological polar surface area (TPSA) is 36.9 Å². The van der Waals surface area contributed by atoms with Gasteiger partial charge in [-0.25, -0.2) is 0 Å². The Kier molecular flexibility index (Phi) is 5.67. The Morgan fingerprint density at radius 3 is 2.83 bits per heavy atom. The first-order chi connectivity index (χ1) is 11.6. The van der Waals surface area contributed by atoms with E-state index >= 15 is 0 Å². The number of likely N-dealkylation sites (N-methyl/N-ethyl adjacent to an activating group) is 1. The van der Waals surface area contributed by atoms with Gasteiger partial charge in [-0.05, 0) is 49.3 Å². The number of nitrogens with zero attached hydrogens (tertiary/aromatic N) is 2. The number of hydrogen-bond donors (Lipinski definition) is 1. The second kappa shape index (κ2) is 7.75. The third kappa shape index (κ3) is 4.64. The SMILES string of the molecule is CN=C(NCC1(c2cccc(Cl)c2)CC1)N(C)CCOCC1CC1. The number of guanidine groups is 1. The Bertz CT molecular complexity index is 582. The van der Waals surface area contributed by atoms with Crippen LogP contribution in [-0.2, 0) is 10.2 Å². The van der Waals surface area contributed by atoms with E-state index in [0.717, 1.165) is 43.2 Å². The molecule has 0 bridgehead atoms. The van der Waals surface area contributed by atoms with Crippen molar-refractivity contribution in [3.05, 3.63) is 34.9 Å². The molecular formula is C19H28ClN3O. The van der Waals surface area contributed by atoms with Crippen LogP contribution in [-0.4, -0.2) is 51.3 Å². The van der Waals surface area contributed by atoms with Crippen LogP contribution in [0.5, 0.6) is 0 Å². The lowest BCUT2D eigenvalue weighted by molar-refractivity contribution is 0.115. The van der Waals surface area contributed by atoms with E-state index in [9.17, 15) is 0 Å². The summed E-state index contributed by atoms with van der Waals surface area (Å²) in [7, 11) is 3.90. The van der Waals surface area contributed by atoms with Crippen molar-refractivity contribution in [3.63, 3.8) is 0 Å². The highest BCUT2D eigenvalue weighted by Crippen LogP contribution is 2.48. The maximum Gasteiger partial charge on any atom is 0.193 e. The van der Waals surface area contributed by atoms with Crippen LogP contribution in [0, 0.1) is 5.92 Å². The predicted molar refractivity (Wildman–Crippen MR) is 99.9 cm³/mol. The normalized spacial score (nSPS) is 19.2. The Hall–Kier alpha value is -1.26. The average Bonchev–Trinajstić information content (AvgIpc) is 3.47. The lowest BCUT2D eigenvalue weighted by atomic mass is 9.96. The second-order valence-corrected chi connectivity index (χ2v) is 7.57. The highest BCUT2D eigenvalue weighted by atomic mass is 35.5. The summed E-state index contributed by atoms with van der Waals surface area (Å²) in [6.45, 7) is 3.43. The number of halogens is 1. The number of aliphatic imine (C=N–C) groups is 1. The summed E-state index contributed by atoms with van der Waals surface area (Å²) >= 11 is 6.15. The smallest absolute Gasteiger partial charge is 0.193 e. The minimum Gasteiger partial charge on any atom is -0.379 e. The van der Waals surface area contributed by atoms with Crippen LogP contribution < -0.4 is 5.32 Å². The zero-order chi connectivity index (χ0) is 17.0. The molecule has 0 amide bonds. The zero-order valence-corrected chi connectivity index (χ0v) is 15.5. The predicted octanol–water partition coefficient (Wildman–Crippen LogP) is 3.31. The van der Waals surface area contributed by atoms with E-state index in [1.54, 1.807) is 0 Å². The van der Waals surface area contributed by atoms with Gasteiger partial charge in [0.05, 0.1) is 6.61 Å². The molecular weight excluding hydrogens is 322 g/mol. The van der Waals surface area contributed by atoms with Crippen molar-refractivity contribution in [2.75, 3.05) is 40.4 Å².